The van der Waals surface area contributed by atoms with Gasteiger partial charge in [0.25, 0.3) is 0 Å². The molecule has 3 heteroatoms. The Morgan fingerprint density at radius 3 is 2.44 bits per heavy atom. The van der Waals surface area contributed by atoms with Crippen molar-refractivity contribution in [2.45, 2.75) is 18.9 Å². The van der Waals surface area contributed by atoms with Gasteiger partial charge in [-0.25, -0.2) is 8.78 Å². The molecule has 3 rings (SSSR count). The maximum absolute atomic E-state index is 13.6. The monoisotopic (exact) mass is 245 g/mol. The first kappa shape index (κ1) is 11.2. The number of hydrogen-bond donors (Lipinski definition) is 1. The molecule has 1 heterocycles. The maximum atomic E-state index is 13.6. The molecule has 2 aromatic carbocycles. The van der Waals surface area contributed by atoms with Crippen molar-refractivity contribution >= 4 is 5.69 Å². The average Bonchev–Trinajstić information content (AvgIpc) is 2.76. The first-order valence-electron chi connectivity index (χ1n) is 6.01. The highest BCUT2D eigenvalue weighted by Gasteiger charge is 2.22. The SMILES string of the molecule is Fc1cccc(F)c1CC1Cc2ccccc2N1. The van der Waals surface area contributed by atoms with Crippen molar-refractivity contribution in [1.82, 2.24) is 0 Å². The number of benzene rings is 2. The molecule has 1 atom stereocenters. The lowest BCUT2D eigenvalue weighted by Crippen LogP contribution is -2.20. The zero-order valence-corrected chi connectivity index (χ0v) is 9.79. The predicted octanol–water partition coefficient (Wildman–Crippen LogP) is 3.54. The van der Waals surface area contributed by atoms with E-state index in [2.05, 4.69) is 5.32 Å². The molecule has 0 saturated carbocycles. The van der Waals surface area contributed by atoms with Crippen LogP contribution in [-0.4, -0.2) is 6.04 Å². The first-order chi connectivity index (χ1) is 8.74. The lowest BCUT2D eigenvalue weighted by atomic mass is 10.0. The maximum Gasteiger partial charge on any atom is 0.129 e. The van der Waals surface area contributed by atoms with Gasteiger partial charge in [-0.3, -0.25) is 0 Å². The van der Waals surface area contributed by atoms with Crippen molar-refractivity contribution in [3.8, 4) is 0 Å². The fourth-order valence-corrected chi connectivity index (χ4v) is 2.47. The minimum absolute atomic E-state index is 0.0637. The van der Waals surface area contributed by atoms with Crippen LogP contribution in [0.15, 0.2) is 42.5 Å². The second kappa shape index (κ2) is 4.41. The molecule has 1 unspecified atom stereocenters. The Labute approximate surface area is 104 Å². The van der Waals surface area contributed by atoms with Gasteiger partial charge >= 0.3 is 0 Å². The van der Waals surface area contributed by atoms with Crippen LogP contribution in [0, 0.1) is 11.6 Å². The van der Waals surface area contributed by atoms with E-state index in [4.69, 9.17) is 0 Å². The van der Waals surface area contributed by atoms with Crippen LogP contribution in [0.1, 0.15) is 11.1 Å². The third-order valence-corrected chi connectivity index (χ3v) is 3.36. The van der Waals surface area contributed by atoms with Crippen LogP contribution in [0.3, 0.4) is 0 Å². The molecule has 0 fully saturated rings. The van der Waals surface area contributed by atoms with E-state index in [1.165, 1.54) is 23.8 Å². The molecular formula is C15H13F2N. The summed E-state index contributed by atoms with van der Waals surface area (Å²) in [5.74, 6) is -0.930. The number of para-hydroxylation sites is 1. The van der Waals surface area contributed by atoms with Gasteiger partial charge in [0.1, 0.15) is 11.6 Å². The minimum atomic E-state index is -0.465. The van der Waals surface area contributed by atoms with Crippen LogP contribution in [0.4, 0.5) is 14.5 Å². The molecule has 0 aromatic heterocycles. The van der Waals surface area contributed by atoms with Crippen molar-refractivity contribution in [3.05, 3.63) is 65.2 Å². The Morgan fingerprint density at radius 1 is 1.00 bits per heavy atom. The molecule has 1 aliphatic rings. The van der Waals surface area contributed by atoms with Gasteiger partial charge in [0.2, 0.25) is 0 Å². The molecule has 0 radical (unpaired) electrons. The molecule has 0 spiro atoms. The van der Waals surface area contributed by atoms with E-state index in [0.717, 1.165) is 12.1 Å². The summed E-state index contributed by atoms with van der Waals surface area (Å²) in [7, 11) is 0. The Bertz CT molecular complexity index is 535. The topological polar surface area (TPSA) is 12.0 Å². The highest BCUT2D eigenvalue weighted by Crippen LogP contribution is 2.27. The van der Waals surface area contributed by atoms with Crippen molar-refractivity contribution < 1.29 is 8.78 Å². The summed E-state index contributed by atoms with van der Waals surface area (Å²) in [5.41, 5.74) is 2.45. The quantitative estimate of drug-likeness (QED) is 0.853. The first-order valence-corrected chi connectivity index (χ1v) is 6.01. The third kappa shape index (κ3) is 1.96. The van der Waals surface area contributed by atoms with Crippen LogP contribution in [-0.2, 0) is 12.8 Å². The van der Waals surface area contributed by atoms with Gasteiger partial charge in [-0.05, 0) is 36.6 Å². The Kier molecular flexibility index (Phi) is 2.74. The van der Waals surface area contributed by atoms with Gasteiger partial charge in [0.05, 0.1) is 0 Å². The highest BCUT2D eigenvalue weighted by molar-refractivity contribution is 5.56. The molecular weight excluding hydrogens is 232 g/mol. The van der Waals surface area contributed by atoms with Crippen molar-refractivity contribution in [2.75, 3.05) is 5.32 Å². The van der Waals surface area contributed by atoms with E-state index in [0.29, 0.717) is 6.42 Å². The van der Waals surface area contributed by atoms with Crippen molar-refractivity contribution in [2.24, 2.45) is 0 Å². The lowest BCUT2D eigenvalue weighted by Gasteiger charge is -2.12. The molecule has 0 saturated heterocycles. The highest BCUT2D eigenvalue weighted by atomic mass is 19.1. The van der Waals surface area contributed by atoms with E-state index in [-0.39, 0.29) is 11.6 Å². The Hall–Kier alpha value is -1.90. The number of nitrogens with one attached hydrogen (secondary N) is 1. The van der Waals surface area contributed by atoms with Crippen molar-refractivity contribution in [3.63, 3.8) is 0 Å². The largest absolute Gasteiger partial charge is 0.381 e. The zero-order valence-electron chi connectivity index (χ0n) is 9.79. The van der Waals surface area contributed by atoms with E-state index in [1.54, 1.807) is 0 Å². The van der Waals surface area contributed by atoms with Crippen molar-refractivity contribution in [1.29, 1.82) is 0 Å². The summed E-state index contributed by atoms with van der Waals surface area (Å²) >= 11 is 0. The summed E-state index contributed by atoms with van der Waals surface area (Å²) in [6.45, 7) is 0. The molecule has 2 aromatic rings. The molecule has 0 aliphatic carbocycles. The van der Waals surface area contributed by atoms with Gasteiger partial charge in [-0.15, -0.1) is 0 Å². The lowest BCUT2D eigenvalue weighted by molar-refractivity contribution is 0.544. The second-order valence-electron chi connectivity index (χ2n) is 4.61. The smallest absolute Gasteiger partial charge is 0.129 e. The second-order valence-corrected chi connectivity index (χ2v) is 4.61. The number of anilines is 1. The summed E-state index contributed by atoms with van der Waals surface area (Å²) in [6, 6.07) is 12.0. The average molecular weight is 245 g/mol. The van der Waals surface area contributed by atoms with Crippen LogP contribution >= 0.6 is 0 Å². The number of hydrogen-bond acceptors (Lipinski definition) is 1. The molecule has 18 heavy (non-hydrogen) atoms. The van der Waals surface area contributed by atoms with Gasteiger partial charge in [0.15, 0.2) is 0 Å². The standard InChI is InChI=1S/C15H13F2N/c16-13-5-3-6-14(17)12(13)9-11-8-10-4-1-2-7-15(10)18-11/h1-7,11,18H,8-9H2. The number of halogens is 2. The minimum Gasteiger partial charge on any atom is -0.381 e. The normalized spacial score (nSPS) is 17.3. The summed E-state index contributed by atoms with van der Waals surface area (Å²) in [4.78, 5) is 0. The van der Waals surface area contributed by atoms with E-state index >= 15 is 0 Å². The van der Waals surface area contributed by atoms with E-state index in [9.17, 15) is 8.78 Å². The van der Waals surface area contributed by atoms with Crippen LogP contribution in [0.2, 0.25) is 0 Å². The van der Waals surface area contributed by atoms with Crippen LogP contribution in [0.5, 0.6) is 0 Å². The summed E-state index contributed by atoms with van der Waals surface area (Å²) < 4.78 is 27.1. The van der Waals surface area contributed by atoms with Crippen LogP contribution in [0.25, 0.3) is 0 Å². The fraction of sp³-hybridized carbons (Fsp3) is 0.200. The Balaban J connectivity index is 1.80. The molecule has 0 bridgehead atoms. The fourth-order valence-electron chi connectivity index (χ4n) is 2.47. The summed E-state index contributed by atoms with van der Waals surface area (Å²) in [5, 5.41) is 3.30. The van der Waals surface area contributed by atoms with Gasteiger partial charge in [-0.1, -0.05) is 24.3 Å². The number of fused-ring (bicyclic) bond motifs is 1. The third-order valence-electron chi connectivity index (χ3n) is 3.36. The zero-order chi connectivity index (χ0) is 12.5. The van der Waals surface area contributed by atoms with Gasteiger partial charge < -0.3 is 5.32 Å². The van der Waals surface area contributed by atoms with Gasteiger partial charge in [0, 0.05) is 17.3 Å². The molecule has 92 valence electrons. The molecule has 1 nitrogen and oxygen atoms in total. The predicted molar refractivity (Wildman–Crippen MR) is 67.6 cm³/mol. The van der Waals surface area contributed by atoms with Gasteiger partial charge in [-0.2, -0.15) is 0 Å². The Morgan fingerprint density at radius 2 is 1.72 bits per heavy atom. The van der Waals surface area contributed by atoms with E-state index < -0.39 is 11.6 Å². The summed E-state index contributed by atoms with van der Waals surface area (Å²) in [6.07, 6.45) is 1.18. The van der Waals surface area contributed by atoms with Crippen LogP contribution < -0.4 is 5.32 Å². The van der Waals surface area contributed by atoms with E-state index in [1.807, 2.05) is 24.3 Å². The number of rotatable bonds is 2. The molecule has 1 aliphatic heterocycles. The molecule has 1 N–H and O–H groups in total. The molecule has 0 amide bonds.